The summed E-state index contributed by atoms with van der Waals surface area (Å²) in [5, 5.41) is 0. The Bertz CT molecular complexity index is 1090. The van der Waals surface area contributed by atoms with E-state index in [1.807, 2.05) is 35.2 Å². The van der Waals surface area contributed by atoms with E-state index in [-0.39, 0.29) is 22.5 Å². The fourth-order valence-corrected chi connectivity index (χ4v) is 6.13. The van der Waals surface area contributed by atoms with Crippen molar-refractivity contribution in [2.75, 3.05) is 32.8 Å². The van der Waals surface area contributed by atoms with Crippen LogP contribution in [-0.4, -0.2) is 62.1 Å². The van der Waals surface area contributed by atoms with E-state index >= 15 is 0 Å². The van der Waals surface area contributed by atoms with Gasteiger partial charge in [-0.1, -0.05) is 30.3 Å². The maximum Gasteiger partial charge on any atom is 0.243 e. The second kappa shape index (κ2) is 10.7. The molecule has 2 heterocycles. The molecule has 2 aliphatic heterocycles. The summed E-state index contributed by atoms with van der Waals surface area (Å²) in [6.45, 7) is 4.22. The van der Waals surface area contributed by atoms with Gasteiger partial charge < -0.3 is 9.64 Å². The smallest absolute Gasteiger partial charge is 0.243 e. The Morgan fingerprint density at radius 2 is 1.50 bits per heavy atom. The number of hydrogen-bond donors (Lipinski definition) is 0. The number of ether oxygens (including phenoxy) is 1. The molecule has 0 radical (unpaired) electrons. The molecule has 2 aliphatic rings. The number of amides is 1. The zero-order valence-corrected chi connectivity index (χ0v) is 20.4. The molecule has 0 saturated carbocycles. The molecule has 0 spiro atoms. The molecule has 2 aromatic rings. The molecule has 2 aromatic carbocycles. The lowest BCUT2D eigenvalue weighted by molar-refractivity contribution is -0.138. The van der Waals surface area contributed by atoms with E-state index in [1.54, 1.807) is 12.1 Å². The van der Waals surface area contributed by atoms with Crippen molar-refractivity contribution in [3.63, 3.8) is 0 Å². The maximum atomic E-state index is 13.1. The molecular weight excluding hydrogens is 452 g/mol. The standard InChI is InChI=1S/C26H32N2O5S/c1-20(29)22-7-9-25(10-8-22)34(31,32)28-17-13-23(14-18-28)26(30)27-15-11-21(12-16-27)19-33-24-5-3-2-4-6-24/h2-10,21,23H,11-19H2,1H3. The fraction of sp³-hybridized carbons (Fsp3) is 0.462. The second-order valence-electron chi connectivity index (χ2n) is 9.15. The van der Waals surface area contributed by atoms with Crippen LogP contribution in [0.5, 0.6) is 5.75 Å². The number of Topliss-reactive ketones (excluding diaryl/α,β-unsaturated/α-hetero) is 1. The SMILES string of the molecule is CC(=O)c1ccc(S(=O)(=O)N2CCC(C(=O)N3CCC(COc4ccccc4)CC3)CC2)cc1. The molecule has 4 rings (SSSR count). The minimum absolute atomic E-state index is 0.101. The van der Waals surface area contributed by atoms with Crippen molar-refractivity contribution < 1.29 is 22.7 Å². The molecule has 0 unspecified atom stereocenters. The lowest BCUT2D eigenvalue weighted by atomic mass is 9.93. The zero-order chi connectivity index (χ0) is 24.1. The summed E-state index contributed by atoms with van der Waals surface area (Å²) in [5.74, 6) is 1.22. The third-order valence-corrected chi connectivity index (χ3v) is 8.77. The van der Waals surface area contributed by atoms with Gasteiger partial charge in [0.1, 0.15) is 5.75 Å². The number of carbonyl (C=O) groups excluding carboxylic acids is 2. The van der Waals surface area contributed by atoms with E-state index in [2.05, 4.69) is 0 Å². The molecule has 7 nitrogen and oxygen atoms in total. The van der Waals surface area contributed by atoms with Crippen LogP contribution in [0.1, 0.15) is 43.0 Å². The number of sulfonamides is 1. The molecule has 0 bridgehead atoms. The molecule has 0 aliphatic carbocycles. The fourth-order valence-electron chi connectivity index (χ4n) is 4.66. The average molecular weight is 485 g/mol. The Kier molecular flexibility index (Phi) is 7.68. The van der Waals surface area contributed by atoms with Crippen LogP contribution in [0.3, 0.4) is 0 Å². The highest BCUT2D eigenvalue weighted by atomic mass is 32.2. The summed E-state index contributed by atoms with van der Waals surface area (Å²) < 4.78 is 33.3. The summed E-state index contributed by atoms with van der Waals surface area (Å²) in [6.07, 6.45) is 2.89. The Balaban J connectivity index is 1.24. The highest BCUT2D eigenvalue weighted by molar-refractivity contribution is 7.89. The van der Waals surface area contributed by atoms with Gasteiger partial charge in [0.25, 0.3) is 0 Å². The Labute approximate surface area is 201 Å². The third-order valence-electron chi connectivity index (χ3n) is 6.86. The number of hydrogen-bond acceptors (Lipinski definition) is 5. The van der Waals surface area contributed by atoms with E-state index < -0.39 is 10.0 Å². The highest BCUT2D eigenvalue weighted by Gasteiger charge is 2.35. The van der Waals surface area contributed by atoms with Crippen LogP contribution in [0.15, 0.2) is 59.5 Å². The molecule has 2 fully saturated rings. The number of carbonyl (C=O) groups is 2. The number of benzene rings is 2. The molecule has 0 atom stereocenters. The van der Waals surface area contributed by atoms with Gasteiger partial charge in [-0.3, -0.25) is 9.59 Å². The van der Waals surface area contributed by atoms with Gasteiger partial charge in [-0.05, 0) is 62.8 Å². The van der Waals surface area contributed by atoms with E-state index in [1.165, 1.54) is 23.4 Å². The van der Waals surface area contributed by atoms with Crippen LogP contribution < -0.4 is 4.74 Å². The molecule has 0 aromatic heterocycles. The molecule has 2 saturated heterocycles. The van der Waals surface area contributed by atoms with Crippen molar-refractivity contribution in [2.24, 2.45) is 11.8 Å². The Hall–Kier alpha value is -2.71. The maximum absolute atomic E-state index is 13.1. The van der Waals surface area contributed by atoms with Gasteiger partial charge in [0.2, 0.25) is 15.9 Å². The number of ketones is 1. The number of para-hydroxylation sites is 1. The van der Waals surface area contributed by atoms with E-state index in [0.29, 0.717) is 44.0 Å². The van der Waals surface area contributed by atoms with Crippen LogP contribution >= 0.6 is 0 Å². The van der Waals surface area contributed by atoms with Crippen LogP contribution in [0.4, 0.5) is 0 Å². The second-order valence-corrected chi connectivity index (χ2v) is 11.1. The minimum Gasteiger partial charge on any atom is -0.493 e. The molecule has 0 N–H and O–H groups in total. The van der Waals surface area contributed by atoms with E-state index in [0.717, 1.165) is 31.7 Å². The van der Waals surface area contributed by atoms with Crippen LogP contribution in [0.2, 0.25) is 0 Å². The predicted molar refractivity (Wildman–Crippen MR) is 129 cm³/mol. The number of likely N-dealkylation sites (tertiary alicyclic amines) is 1. The highest BCUT2D eigenvalue weighted by Crippen LogP contribution is 2.27. The lowest BCUT2D eigenvalue weighted by Crippen LogP contribution is -2.46. The molecule has 1 amide bonds. The van der Waals surface area contributed by atoms with Crippen molar-refractivity contribution in [3.8, 4) is 5.75 Å². The number of rotatable bonds is 7. The van der Waals surface area contributed by atoms with Gasteiger partial charge in [-0.2, -0.15) is 4.31 Å². The number of piperidine rings is 2. The van der Waals surface area contributed by atoms with Gasteiger partial charge in [0, 0.05) is 37.7 Å². The van der Waals surface area contributed by atoms with Gasteiger partial charge in [-0.25, -0.2) is 8.42 Å². The molecule has 8 heteroatoms. The molecular formula is C26H32N2O5S. The first kappa shape index (κ1) is 24.4. The van der Waals surface area contributed by atoms with Crippen LogP contribution in [-0.2, 0) is 14.8 Å². The monoisotopic (exact) mass is 484 g/mol. The zero-order valence-electron chi connectivity index (χ0n) is 19.6. The normalized spacial score (nSPS) is 18.6. The first-order valence-corrected chi connectivity index (χ1v) is 13.4. The Morgan fingerprint density at radius 1 is 0.882 bits per heavy atom. The summed E-state index contributed by atoms with van der Waals surface area (Å²) in [6, 6.07) is 15.8. The van der Waals surface area contributed by atoms with Gasteiger partial charge in [0.05, 0.1) is 11.5 Å². The minimum atomic E-state index is -3.63. The summed E-state index contributed by atoms with van der Waals surface area (Å²) in [5.41, 5.74) is 0.485. The van der Waals surface area contributed by atoms with E-state index in [9.17, 15) is 18.0 Å². The van der Waals surface area contributed by atoms with Gasteiger partial charge in [0.15, 0.2) is 5.78 Å². The largest absolute Gasteiger partial charge is 0.493 e. The number of nitrogens with zero attached hydrogens (tertiary/aromatic N) is 2. The quantitative estimate of drug-likeness (QED) is 0.561. The first-order chi connectivity index (χ1) is 16.3. The average Bonchev–Trinajstić information content (AvgIpc) is 2.88. The van der Waals surface area contributed by atoms with Crippen LogP contribution in [0.25, 0.3) is 0 Å². The lowest BCUT2D eigenvalue weighted by Gasteiger charge is -2.37. The van der Waals surface area contributed by atoms with Crippen molar-refractivity contribution in [2.45, 2.75) is 37.5 Å². The molecule has 182 valence electrons. The topological polar surface area (TPSA) is 84.0 Å². The first-order valence-electron chi connectivity index (χ1n) is 11.9. The van der Waals surface area contributed by atoms with Crippen LogP contribution in [0, 0.1) is 11.8 Å². The Morgan fingerprint density at radius 3 is 2.09 bits per heavy atom. The van der Waals surface area contributed by atoms with Gasteiger partial charge >= 0.3 is 0 Å². The molecule has 34 heavy (non-hydrogen) atoms. The summed E-state index contributed by atoms with van der Waals surface area (Å²) in [7, 11) is -3.63. The van der Waals surface area contributed by atoms with Crippen molar-refractivity contribution in [1.82, 2.24) is 9.21 Å². The van der Waals surface area contributed by atoms with Crippen molar-refractivity contribution in [3.05, 3.63) is 60.2 Å². The van der Waals surface area contributed by atoms with Crippen molar-refractivity contribution >= 4 is 21.7 Å². The van der Waals surface area contributed by atoms with Gasteiger partial charge in [-0.15, -0.1) is 0 Å². The van der Waals surface area contributed by atoms with Crippen molar-refractivity contribution in [1.29, 1.82) is 0 Å². The summed E-state index contributed by atoms with van der Waals surface area (Å²) >= 11 is 0. The predicted octanol–water partition coefficient (Wildman–Crippen LogP) is 3.61. The summed E-state index contributed by atoms with van der Waals surface area (Å²) in [4.78, 5) is 26.6. The third kappa shape index (κ3) is 5.67. The van der Waals surface area contributed by atoms with E-state index in [4.69, 9.17) is 4.74 Å².